The van der Waals surface area contributed by atoms with Crippen LogP contribution in [0, 0.1) is 6.92 Å². The van der Waals surface area contributed by atoms with Crippen molar-refractivity contribution in [3.8, 4) is 5.75 Å². The summed E-state index contributed by atoms with van der Waals surface area (Å²) in [5.41, 5.74) is 2.26. The highest BCUT2D eigenvalue weighted by molar-refractivity contribution is 5.91. The van der Waals surface area contributed by atoms with Crippen LogP contribution in [0.3, 0.4) is 0 Å². The molecule has 1 aliphatic heterocycles. The van der Waals surface area contributed by atoms with Gasteiger partial charge in [0, 0.05) is 38.9 Å². The van der Waals surface area contributed by atoms with Gasteiger partial charge in [-0.1, -0.05) is 18.2 Å². The quantitative estimate of drug-likeness (QED) is 0.693. The molecule has 31 heavy (non-hydrogen) atoms. The lowest BCUT2D eigenvalue weighted by atomic mass is 10.2. The Labute approximate surface area is 183 Å². The van der Waals surface area contributed by atoms with Gasteiger partial charge in [-0.15, -0.1) is 0 Å². The predicted octanol–water partition coefficient (Wildman–Crippen LogP) is 1.61. The van der Waals surface area contributed by atoms with E-state index in [0.29, 0.717) is 18.9 Å². The molecule has 2 aromatic rings. The van der Waals surface area contributed by atoms with Crippen LogP contribution >= 0.6 is 0 Å². The summed E-state index contributed by atoms with van der Waals surface area (Å²) in [7, 11) is 3.44. The number of likely N-dealkylation sites (N-methyl/N-ethyl adjacent to an activating group) is 1. The summed E-state index contributed by atoms with van der Waals surface area (Å²) in [5.74, 6) is 1.24. The normalized spacial score (nSPS) is 14.5. The summed E-state index contributed by atoms with van der Waals surface area (Å²) in [5, 5.41) is 2.76. The van der Waals surface area contributed by atoms with Crippen LogP contribution in [0.1, 0.15) is 11.1 Å². The highest BCUT2D eigenvalue weighted by Gasteiger charge is 2.22. The average molecular weight is 426 g/mol. The predicted molar refractivity (Wildman–Crippen MR) is 120 cm³/mol. The first-order valence-electron chi connectivity index (χ1n) is 10.5. The number of pyridine rings is 1. The number of rotatable bonds is 8. The summed E-state index contributed by atoms with van der Waals surface area (Å²) < 4.78 is 5.20. The number of ether oxygens (including phenoxy) is 1. The second-order valence-electron chi connectivity index (χ2n) is 7.95. The maximum Gasteiger partial charge on any atom is 0.239 e. The summed E-state index contributed by atoms with van der Waals surface area (Å²) in [6.07, 6.45) is 1.71. The number of nitrogens with one attached hydrogen (secondary N) is 1. The molecule has 2 heterocycles. The molecule has 166 valence electrons. The minimum atomic E-state index is -0.184. The van der Waals surface area contributed by atoms with E-state index in [-0.39, 0.29) is 24.9 Å². The number of carbonyl (C=O) groups is 2. The average Bonchev–Trinajstić information content (AvgIpc) is 2.76. The maximum atomic E-state index is 12.6. The lowest BCUT2D eigenvalue weighted by Gasteiger charge is -2.35. The largest absolute Gasteiger partial charge is 0.497 e. The SMILES string of the molecule is COc1ccc(CN2CCN(C(=O)CN(C)CC(=O)Nc3ccc(C)cn3)CC2)cc1. The summed E-state index contributed by atoms with van der Waals surface area (Å²) in [6.45, 7) is 6.22. The zero-order chi connectivity index (χ0) is 22.2. The first-order chi connectivity index (χ1) is 14.9. The molecule has 1 aromatic carbocycles. The van der Waals surface area contributed by atoms with Crippen molar-refractivity contribution < 1.29 is 14.3 Å². The Bertz CT molecular complexity index is 862. The Balaban J connectivity index is 1.38. The molecule has 0 unspecified atom stereocenters. The smallest absolute Gasteiger partial charge is 0.239 e. The first-order valence-corrected chi connectivity index (χ1v) is 10.5. The van der Waals surface area contributed by atoms with Crippen molar-refractivity contribution in [1.82, 2.24) is 19.7 Å². The number of methoxy groups -OCH3 is 1. The van der Waals surface area contributed by atoms with Crippen LogP contribution in [0.2, 0.25) is 0 Å². The second kappa shape index (κ2) is 10.9. The molecular weight excluding hydrogens is 394 g/mol. The third-order valence-corrected chi connectivity index (χ3v) is 5.29. The maximum absolute atomic E-state index is 12.6. The number of aryl methyl sites for hydroxylation is 1. The topological polar surface area (TPSA) is 78.0 Å². The van der Waals surface area contributed by atoms with Crippen molar-refractivity contribution in [3.05, 3.63) is 53.7 Å². The van der Waals surface area contributed by atoms with Crippen molar-refractivity contribution in [2.75, 3.05) is 58.7 Å². The minimum absolute atomic E-state index is 0.0489. The van der Waals surface area contributed by atoms with Crippen molar-refractivity contribution >= 4 is 17.6 Å². The Hall–Kier alpha value is -2.97. The Morgan fingerprint density at radius 3 is 2.39 bits per heavy atom. The monoisotopic (exact) mass is 425 g/mol. The van der Waals surface area contributed by atoms with Gasteiger partial charge in [-0.05, 0) is 43.3 Å². The zero-order valence-corrected chi connectivity index (χ0v) is 18.5. The Morgan fingerprint density at radius 1 is 1.06 bits per heavy atom. The fraction of sp³-hybridized carbons (Fsp3) is 0.435. The molecule has 8 heteroatoms. The van der Waals surface area contributed by atoms with Gasteiger partial charge in [0.2, 0.25) is 11.8 Å². The molecule has 1 saturated heterocycles. The number of benzene rings is 1. The first kappa shape index (κ1) is 22.7. The van der Waals surface area contributed by atoms with Crippen molar-refractivity contribution in [2.45, 2.75) is 13.5 Å². The number of piperazine rings is 1. The van der Waals surface area contributed by atoms with E-state index in [1.54, 1.807) is 31.3 Å². The number of hydrogen-bond donors (Lipinski definition) is 1. The summed E-state index contributed by atoms with van der Waals surface area (Å²) >= 11 is 0. The molecule has 1 fully saturated rings. The van der Waals surface area contributed by atoms with E-state index in [4.69, 9.17) is 4.74 Å². The summed E-state index contributed by atoms with van der Waals surface area (Å²) in [6, 6.07) is 11.7. The molecule has 0 saturated carbocycles. The van der Waals surface area contributed by atoms with Crippen LogP contribution in [0.5, 0.6) is 5.75 Å². The van der Waals surface area contributed by atoms with Gasteiger partial charge in [0.15, 0.2) is 0 Å². The fourth-order valence-electron chi connectivity index (χ4n) is 3.50. The lowest BCUT2D eigenvalue weighted by Crippen LogP contribution is -2.51. The van der Waals surface area contributed by atoms with E-state index in [1.165, 1.54) is 5.56 Å². The third kappa shape index (κ3) is 7.04. The van der Waals surface area contributed by atoms with Gasteiger partial charge in [0.05, 0.1) is 20.2 Å². The van der Waals surface area contributed by atoms with Crippen LogP contribution in [-0.4, -0.2) is 84.9 Å². The van der Waals surface area contributed by atoms with E-state index in [1.807, 2.05) is 30.0 Å². The molecule has 0 aliphatic carbocycles. The number of carbonyl (C=O) groups excluding carboxylic acids is 2. The molecule has 0 spiro atoms. The van der Waals surface area contributed by atoms with Crippen LogP contribution in [0.4, 0.5) is 5.82 Å². The van der Waals surface area contributed by atoms with Gasteiger partial charge in [-0.2, -0.15) is 0 Å². The van der Waals surface area contributed by atoms with Gasteiger partial charge in [0.25, 0.3) is 0 Å². The van der Waals surface area contributed by atoms with Crippen LogP contribution < -0.4 is 10.1 Å². The van der Waals surface area contributed by atoms with E-state index < -0.39 is 0 Å². The molecule has 1 aromatic heterocycles. The minimum Gasteiger partial charge on any atom is -0.497 e. The third-order valence-electron chi connectivity index (χ3n) is 5.29. The van der Waals surface area contributed by atoms with E-state index in [2.05, 4.69) is 27.3 Å². The molecule has 8 nitrogen and oxygen atoms in total. The Kier molecular flexibility index (Phi) is 7.97. The number of hydrogen-bond acceptors (Lipinski definition) is 6. The molecule has 0 atom stereocenters. The Morgan fingerprint density at radius 2 is 1.77 bits per heavy atom. The second-order valence-corrected chi connectivity index (χ2v) is 7.95. The number of nitrogens with zero attached hydrogens (tertiary/aromatic N) is 4. The lowest BCUT2D eigenvalue weighted by molar-refractivity contribution is -0.134. The van der Waals surface area contributed by atoms with Gasteiger partial charge in [0.1, 0.15) is 11.6 Å². The molecule has 3 rings (SSSR count). The number of amides is 2. The fourth-order valence-corrected chi connectivity index (χ4v) is 3.50. The molecule has 0 radical (unpaired) electrons. The summed E-state index contributed by atoms with van der Waals surface area (Å²) in [4.78, 5) is 34.9. The number of aromatic nitrogens is 1. The molecular formula is C23H31N5O3. The van der Waals surface area contributed by atoms with E-state index in [9.17, 15) is 9.59 Å². The zero-order valence-electron chi connectivity index (χ0n) is 18.5. The van der Waals surface area contributed by atoms with Crippen molar-refractivity contribution in [2.24, 2.45) is 0 Å². The van der Waals surface area contributed by atoms with Crippen LogP contribution in [0.15, 0.2) is 42.6 Å². The van der Waals surface area contributed by atoms with Gasteiger partial charge >= 0.3 is 0 Å². The standard InChI is InChI=1S/C23H31N5O3/c1-18-4-9-21(24-14-18)25-22(29)16-26(2)17-23(30)28-12-10-27(11-13-28)15-19-5-7-20(31-3)8-6-19/h4-9,14H,10-13,15-17H2,1-3H3,(H,24,25,29). The van der Waals surface area contributed by atoms with Crippen molar-refractivity contribution in [1.29, 1.82) is 0 Å². The highest BCUT2D eigenvalue weighted by atomic mass is 16.5. The molecule has 1 aliphatic rings. The number of anilines is 1. The molecule has 2 amide bonds. The van der Waals surface area contributed by atoms with Gasteiger partial charge in [-0.3, -0.25) is 19.4 Å². The van der Waals surface area contributed by atoms with Gasteiger partial charge < -0.3 is 15.0 Å². The molecule has 1 N–H and O–H groups in total. The molecule has 0 bridgehead atoms. The van der Waals surface area contributed by atoms with Crippen LogP contribution in [0.25, 0.3) is 0 Å². The van der Waals surface area contributed by atoms with E-state index in [0.717, 1.165) is 30.9 Å². The van der Waals surface area contributed by atoms with Crippen molar-refractivity contribution in [3.63, 3.8) is 0 Å². The van der Waals surface area contributed by atoms with E-state index >= 15 is 0 Å². The van der Waals surface area contributed by atoms with Crippen LogP contribution in [-0.2, 0) is 16.1 Å². The highest BCUT2D eigenvalue weighted by Crippen LogP contribution is 2.14. The van der Waals surface area contributed by atoms with Gasteiger partial charge in [-0.25, -0.2) is 4.98 Å².